The van der Waals surface area contributed by atoms with Gasteiger partial charge in [-0.2, -0.15) is 0 Å². The minimum atomic E-state index is -0.192. The first-order valence-corrected chi connectivity index (χ1v) is 8.16. The second kappa shape index (κ2) is 7.79. The molecule has 2 aromatic carbocycles. The fourth-order valence-electron chi connectivity index (χ4n) is 2.64. The molecule has 6 heteroatoms. The minimum Gasteiger partial charge on any atom is -0.497 e. The van der Waals surface area contributed by atoms with E-state index in [1.165, 1.54) is 0 Å². The third kappa shape index (κ3) is 4.35. The largest absolute Gasteiger partial charge is 0.497 e. The average molecular weight is 342 g/mol. The van der Waals surface area contributed by atoms with Gasteiger partial charge in [-0.3, -0.25) is 0 Å². The Balaban J connectivity index is 1.49. The summed E-state index contributed by atoms with van der Waals surface area (Å²) < 4.78 is 16.7. The van der Waals surface area contributed by atoms with Crippen molar-refractivity contribution in [2.24, 2.45) is 0 Å². The summed E-state index contributed by atoms with van der Waals surface area (Å²) in [5.41, 5.74) is 0.979. The maximum atomic E-state index is 12.3. The van der Waals surface area contributed by atoms with Crippen LogP contribution in [0.5, 0.6) is 17.2 Å². The molecule has 1 atom stereocenters. The number of likely N-dealkylation sites (N-methyl/N-ethyl adjacent to an activating group) is 1. The van der Waals surface area contributed by atoms with Gasteiger partial charge in [-0.05, 0) is 29.8 Å². The van der Waals surface area contributed by atoms with E-state index in [0.717, 1.165) is 17.1 Å². The number of rotatable bonds is 5. The lowest BCUT2D eigenvalue weighted by molar-refractivity contribution is 0.0715. The van der Waals surface area contributed by atoms with E-state index in [1.54, 1.807) is 19.1 Å². The number of carbonyl (C=O) groups excluding carboxylic acids is 1. The fourth-order valence-corrected chi connectivity index (χ4v) is 2.64. The number of nitrogens with one attached hydrogen (secondary N) is 1. The summed E-state index contributed by atoms with van der Waals surface area (Å²) in [7, 11) is 3.36. The summed E-state index contributed by atoms with van der Waals surface area (Å²) in [6.07, 6.45) is -0.192. The van der Waals surface area contributed by atoms with Gasteiger partial charge in [0.05, 0.1) is 13.7 Å². The van der Waals surface area contributed by atoms with Crippen LogP contribution in [0.1, 0.15) is 5.56 Å². The number of ether oxygens (including phenoxy) is 3. The van der Waals surface area contributed by atoms with Crippen LogP contribution in [0.3, 0.4) is 0 Å². The SMILES string of the molecule is COc1cccc(CNC(=O)N(C)C[C@H]2COc3ccccc3O2)c1. The number of methoxy groups -OCH3 is 1. The molecule has 1 aliphatic heterocycles. The van der Waals surface area contributed by atoms with Gasteiger partial charge < -0.3 is 24.4 Å². The lowest BCUT2D eigenvalue weighted by Crippen LogP contribution is -2.45. The van der Waals surface area contributed by atoms with E-state index >= 15 is 0 Å². The highest BCUT2D eigenvalue weighted by Gasteiger charge is 2.23. The van der Waals surface area contributed by atoms with Crippen molar-refractivity contribution in [2.75, 3.05) is 27.3 Å². The van der Waals surface area contributed by atoms with Crippen molar-refractivity contribution in [3.05, 3.63) is 54.1 Å². The van der Waals surface area contributed by atoms with E-state index in [1.807, 2.05) is 48.5 Å². The highest BCUT2D eigenvalue weighted by atomic mass is 16.6. The standard InChI is InChI=1S/C19H22N2O4/c1-21(12-16-13-24-17-8-3-4-9-18(17)25-16)19(22)20-11-14-6-5-7-15(10-14)23-2/h3-10,16H,11-13H2,1-2H3,(H,20,22)/t16-/m0/s1. The van der Waals surface area contributed by atoms with Crippen LogP contribution in [-0.4, -0.2) is 44.3 Å². The third-order valence-electron chi connectivity index (χ3n) is 3.97. The first-order valence-electron chi connectivity index (χ1n) is 8.16. The van der Waals surface area contributed by atoms with Gasteiger partial charge in [-0.25, -0.2) is 4.79 Å². The zero-order chi connectivity index (χ0) is 17.6. The van der Waals surface area contributed by atoms with Gasteiger partial charge in [0, 0.05) is 13.6 Å². The lowest BCUT2D eigenvalue weighted by Gasteiger charge is -2.29. The van der Waals surface area contributed by atoms with Crippen LogP contribution in [-0.2, 0) is 6.54 Å². The van der Waals surface area contributed by atoms with Gasteiger partial charge in [0.25, 0.3) is 0 Å². The summed E-state index contributed by atoms with van der Waals surface area (Å²) in [5, 5.41) is 2.89. The van der Waals surface area contributed by atoms with Crippen LogP contribution in [0.2, 0.25) is 0 Å². The number of fused-ring (bicyclic) bond motifs is 1. The number of nitrogens with zero attached hydrogens (tertiary/aromatic N) is 1. The molecule has 0 fully saturated rings. The minimum absolute atomic E-state index is 0.162. The maximum Gasteiger partial charge on any atom is 0.317 e. The van der Waals surface area contributed by atoms with Crippen molar-refractivity contribution in [3.63, 3.8) is 0 Å². The van der Waals surface area contributed by atoms with E-state index in [9.17, 15) is 4.79 Å². The van der Waals surface area contributed by atoms with E-state index < -0.39 is 0 Å². The van der Waals surface area contributed by atoms with Crippen LogP contribution < -0.4 is 19.5 Å². The summed E-state index contributed by atoms with van der Waals surface area (Å²) in [6, 6.07) is 15.0. The van der Waals surface area contributed by atoms with Crippen LogP contribution >= 0.6 is 0 Å². The van der Waals surface area contributed by atoms with Gasteiger partial charge in [-0.15, -0.1) is 0 Å². The Hall–Kier alpha value is -2.89. The molecule has 0 unspecified atom stereocenters. The molecule has 0 aromatic heterocycles. The number of para-hydroxylation sites is 2. The molecule has 2 amide bonds. The second-order valence-electron chi connectivity index (χ2n) is 5.89. The van der Waals surface area contributed by atoms with Crippen LogP contribution in [0.15, 0.2) is 48.5 Å². The smallest absolute Gasteiger partial charge is 0.317 e. The molecule has 3 rings (SSSR count). The maximum absolute atomic E-state index is 12.3. The fraction of sp³-hybridized carbons (Fsp3) is 0.316. The van der Waals surface area contributed by atoms with Crippen LogP contribution in [0.25, 0.3) is 0 Å². The number of hydrogen-bond donors (Lipinski definition) is 1. The molecule has 132 valence electrons. The van der Waals surface area contributed by atoms with Gasteiger partial charge in [0.1, 0.15) is 12.4 Å². The normalized spacial score (nSPS) is 15.4. The summed E-state index contributed by atoms with van der Waals surface area (Å²) in [6.45, 7) is 1.30. The molecule has 25 heavy (non-hydrogen) atoms. The van der Waals surface area contributed by atoms with Crippen LogP contribution in [0, 0.1) is 0 Å². The summed E-state index contributed by atoms with van der Waals surface area (Å²) in [5.74, 6) is 2.22. The summed E-state index contributed by atoms with van der Waals surface area (Å²) >= 11 is 0. The quantitative estimate of drug-likeness (QED) is 0.908. The van der Waals surface area contributed by atoms with Crippen molar-refractivity contribution in [1.82, 2.24) is 10.2 Å². The Morgan fingerprint density at radius 2 is 2.04 bits per heavy atom. The number of amides is 2. The van der Waals surface area contributed by atoms with Crippen molar-refractivity contribution >= 4 is 6.03 Å². The monoisotopic (exact) mass is 342 g/mol. The van der Waals surface area contributed by atoms with Gasteiger partial charge in [0.2, 0.25) is 0 Å². The topological polar surface area (TPSA) is 60.0 Å². The predicted molar refractivity (Wildman–Crippen MR) is 94.2 cm³/mol. The predicted octanol–water partition coefficient (Wildman–Crippen LogP) is 2.68. The summed E-state index contributed by atoms with van der Waals surface area (Å²) in [4.78, 5) is 13.9. The number of carbonyl (C=O) groups is 1. The first kappa shape index (κ1) is 17.0. The molecule has 6 nitrogen and oxygen atoms in total. The van der Waals surface area contributed by atoms with Gasteiger partial charge in [0.15, 0.2) is 17.6 Å². The Morgan fingerprint density at radius 1 is 1.24 bits per heavy atom. The van der Waals surface area contributed by atoms with Gasteiger partial charge in [-0.1, -0.05) is 24.3 Å². The lowest BCUT2D eigenvalue weighted by atomic mass is 10.2. The highest BCUT2D eigenvalue weighted by molar-refractivity contribution is 5.73. The molecule has 1 N–H and O–H groups in total. The highest BCUT2D eigenvalue weighted by Crippen LogP contribution is 2.30. The third-order valence-corrected chi connectivity index (χ3v) is 3.97. The van der Waals surface area contributed by atoms with Crippen molar-refractivity contribution in [2.45, 2.75) is 12.6 Å². The first-order chi connectivity index (χ1) is 12.2. The molecular weight excluding hydrogens is 320 g/mol. The molecule has 1 heterocycles. The molecule has 0 saturated carbocycles. The molecule has 0 radical (unpaired) electrons. The molecule has 0 bridgehead atoms. The van der Waals surface area contributed by atoms with E-state index in [2.05, 4.69) is 5.32 Å². The number of benzene rings is 2. The Morgan fingerprint density at radius 3 is 2.84 bits per heavy atom. The molecule has 2 aromatic rings. The molecular formula is C19H22N2O4. The van der Waals surface area contributed by atoms with Gasteiger partial charge >= 0.3 is 6.03 Å². The second-order valence-corrected chi connectivity index (χ2v) is 5.89. The Bertz CT molecular complexity index is 735. The molecule has 1 aliphatic rings. The molecule has 0 aliphatic carbocycles. The van der Waals surface area contributed by atoms with Crippen molar-refractivity contribution in [3.8, 4) is 17.2 Å². The number of urea groups is 1. The zero-order valence-electron chi connectivity index (χ0n) is 14.4. The molecule has 0 spiro atoms. The molecule has 0 saturated heterocycles. The van der Waals surface area contributed by atoms with E-state index in [-0.39, 0.29) is 12.1 Å². The van der Waals surface area contributed by atoms with E-state index in [4.69, 9.17) is 14.2 Å². The average Bonchev–Trinajstić information content (AvgIpc) is 2.66. The van der Waals surface area contributed by atoms with Crippen molar-refractivity contribution < 1.29 is 19.0 Å². The van der Waals surface area contributed by atoms with Crippen molar-refractivity contribution in [1.29, 1.82) is 0 Å². The Kier molecular flexibility index (Phi) is 5.28. The van der Waals surface area contributed by atoms with E-state index in [0.29, 0.717) is 25.4 Å². The number of hydrogen-bond acceptors (Lipinski definition) is 4. The van der Waals surface area contributed by atoms with Crippen LogP contribution in [0.4, 0.5) is 4.79 Å². The Labute approximate surface area is 147 Å². The zero-order valence-corrected chi connectivity index (χ0v) is 14.4.